The molecule has 4 heteroatoms. The number of rotatable bonds is 6. The van der Waals surface area contributed by atoms with Crippen LogP contribution in [0.3, 0.4) is 0 Å². The summed E-state index contributed by atoms with van der Waals surface area (Å²) in [6, 6.07) is 14.3. The van der Waals surface area contributed by atoms with E-state index in [9.17, 15) is 0 Å². The predicted molar refractivity (Wildman–Crippen MR) is 89.8 cm³/mol. The molecule has 0 aliphatic carbocycles. The van der Waals surface area contributed by atoms with Crippen molar-refractivity contribution in [3.8, 4) is 11.5 Å². The lowest BCUT2D eigenvalue weighted by atomic mass is 9.97. The summed E-state index contributed by atoms with van der Waals surface area (Å²) in [5.41, 5.74) is 3.53. The zero-order chi connectivity index (χ0) is 16.1. The standard InChI is InChI=1S/C19H23NO3/c1-3-22-19-12-20-11-15-9-17(21-2)18(10-16(15)19)23-13-14-7-5-4-6-8-14/h4-10,19-20H,3,11-13H2,1-2H3. The second-order valence-electron chi connectivity index (χ2n) is 5.55. The largest absolute Gasteiger partial charge is 0.493 e. The molecule has 0 saturated carbocycles. The van der Waals surface area contributed by atoms with Gasteiger partial charge in [-0.3, -0.25) is 0 Å². The number of ether oxygens (including phenoxy) is 3. The number of hydrogen-bond donors (Lipinski definition) is 1. The van der Waals surface area contributed by atoms with E-state index in [4.69, 9.17) is 14.2 Å². The van der Waals surface area contributed by atoms with Crippen molar-refractivity contribution in [2.45, 2.75) is 26.2 Å². The number of hydrogen-bond acceptors (Lipinski definition) is 4. The second kappa shape index (κ2) is 7.49. The van der Waals surface area contributed by atoms with E-state index in [1.165, 1.54) is 11.1 Å². The van der Waals surface area contributed by atoms with Gasteiger partial charge in [0.1, 0.15) is 6.61 Å². The molecule has 2 aromatic carbocycles. The minimum Gasteiger partial charge on any atom is -0.493 e. The van der Waals surface area contributed by atoms with Crippen LogP contribution in [-0.2, 0) is 17.9 Å². The van der Waals surface area contributed by atoms with Crippen LogP contribution in [0, 0.1) is 0 Å². The van der Waals surface area contributed by atoms with E-state index in [1.54, 1.807) is 7.11 Å². The highest BCUT2D eigenvalue weighted by atomic mass is 16.5. The van der Waals surface area contributed by atoms with Crippen LogP contribution in [0.25, 0.3) is 0 Å². The first-order valence-corrected chi connectivity index (χ1v) is 8.01. The molecule has 23 heavy (non-hydrogen) atoms. The van der Waals surface area contributed by atoms with E-state index in [-0.39, 0.29) is 6.10 Å². The van der Waals surface area contributed by atoms with Gasteiger partial charge in [-0.1, -0.05) is 30.3 Å². The van der Waals surface area contributed by atoms with Crippen molar-refractivity contribution in [2.24, 2.45) is 0 Å². The third-order valence-electron chi connectivity index (χ3n) is 4.02. The Kier molecular flexibility index (Phi) is 5.16. The van der Waals surface area contributed by atoms with Gasteiger partial charge in [-0.25, -0.2) is 0 Å². The maximum Gasteiger partial charge on any atom is 0.162 e. The summed E-state index contributed by atoms with van der Waals surface area (Å²) in [4.78, 5) is 0. The molecule has 1 unspecified atom stereocenters. The molecule has 0 amide bonds. The average molecular weight is 313 g/mol. The van der Waals surface area contributed by atoms with E-state index in [0.717, 1.165) is 30.2 Å². The maximum absolute atomic E-state index is 6.01. The van der Waals surface area contributed by atoms with Crippen molar-refractivity contribution >= 4 is 0 Å². The minimum atomic E-state index is 0.0636. The monoisotopic (exact) mass is 313 g/mol. The van der Waals surface area contributed by atoms with Crippen molar-refractivity contribution in [3.63, 3.8) is 0 Å². The summed E-state index contributed by atoms with van der Waals surface area (Å²) in [5, 5.41) is 3.38. The molecule has 1 atom stereocenters. The molecule has 122 valence electrons. The number of nitrogens with one attached hydrogen (secondary N) is 1. The molecular formula is C19H23NO3. The van der Waals surface area contributed by atoms with Crippen LogP contribution in [0.15, 0.2) is 42.5 Å². The third kappa shape index (κ3) is 3.66. The Bertz CT molecular complexity index is 643. The van der Waals surface area contributed by atoms with Gasteiger partial charge >= 0.3 is 0 Å². The molecule has 1 N–H and O–H groups in total. The van der Waals surface area contributed by atoms with E-state index >= 15 is 0 Å². The SMILES string of the molecule is CCOC1CNCc2cc(OC)c(OCc3ccccc3)cc21. The third-order valence-corrected chi connectivity index (χ3v) is 4.02. The topological polar surface area (TPSA) is 39.7 Å². The summed E-state index contributed by atoms with van der Waals surface area (Å²) in [5.74, 6) is 1.53. The van der Waals surface area contributed by atoms with Crippen LogP contribution in [-0.4, -0.2) is 20.3 Å². The van der Waals surface area contributed by atoms with Crippen molar-refractivity contribution in [3.05, 3.63) is 59.2 Å². The second-order valence-corrected chi connectivity index (χ2v) is 5.55. The number of fused-ring (bicyclic) bond motifs is 1. The summed E-state index contributed by atoms with van der Waals surface area (Å²) in [6.07, 6.45) is 0.0636. The van der Waals surface area contributed by atoms with Crippen LogP contribution < -0.4 is 14.8 Å². The Morgan fingerprint density at radius 1 is 1.13 bits per heavy atom. The summed E-state index contributed by atoms with van der Waals surface area (Å²) in [6.45, 7) is 4.88. The van der Waals surface area contributed by atoms with Crippen LogP contribution in [0.4, 0.5) is 0 Å². The lowest BCUT2D eigenvalue weighted by molar-refractivity contribution is 0.0565. The van der Waals surface area contributed by atoms with E-state index < -0.39 is 0 Å². The van der Waals surface area contributed by atoms with Crippen LogP contribution in [0.5, 0.6) is 11.5 Å². The maximum atomic E-state index is 6.01. The lowest BCUT2D eigenvalue weighted by Crippen LogP contribution is -2.29. The highest BCUT2D eigenvalue weighted by Crippen LogP contribution is 2.36. The smallest absolute Gasteiger partial charge is 0.162 e. The first kappa shape index (κ1) is 15.8. The molecule has 0 spiro atoms. The predicted octanol–water partition coefficient (Wildman–Crippen LogP) is 3.46. The first-order chi connectivity index (χ1) is 11.3. The molecule has 4 nitrogen and oxygen atoms in total. The number of benzene rings is 2. The Labute approximate surface area is 137 Å². The first-order valence-electron chi connectivity index (χ1n) is 8.01. The molecule has 0 fully saturated rings. The molecule has 1 aliphatic heterocycles. The van der Waals surface area contributed by atoms with Crippen molar-refractivity contribution in [1.29, 1.82) is 0 Å². The van der Waals surface area contributed by atoms with Gasteiger partial charge in [0.15, 0.2) is 11.5 Å². The van der Waals surface area contributed by atoms with Gasteiger partial charge in [0, 0.05) is 19.7 Å². The average Bonchev–Trinajstić information content (AvgIpc) is 2.60. The Morgan fingerprint density at radius 3 is 2.70 bits per heavy atom. The van der Waals surface area contributed by atoms with Crippen LogP contribution >= 0.6 is 0 Å². The van der Waals surface area contributed by atoms with Gasteiger partial charge < -0.3 is 19.5 Å². The molecular weight excluding hydrogens is 290 g/mol. The fourth-order valence-electron chi connectivity index (χ4n) is 2.88. The zero-order valence-electron chi connectivity index (χ0n) is 13.7. The molecule has 0 radical (unpaired) electrons. The van der Waals surface area contributed by atoms with Gasteiger partial charge in [0.2, 0.25) is 0 Å². The van der Waals surface area contributed by atoms with Crippen LogP contribution in [0.1, 0.15) is 29.7 Å². The fourth-order valence-corrected chi connectivity index (χ4v) is 2.88. The van der Waals surface area contributed by atoms with Crippen molar-refractivity contribution in [2.75, 3.05) is 20.3 Å². The van der Waals surface area contributed by atoms with Gasteiger partial charge in [-0.05, 0) is 35.7 Å². The Balaban J connectivity index is 1.85. The van der Waals surface area contributed by atoms with Gasteiger partial charge in [-0.2, -0.15) is 0 Å². The van der Waals surface area contributed by atoms with E-state index in [1.807, 2.05) is 31.2 Å². The van der Waals surface area contributed by atoms with Gasteiger partial charge in [0.05, 0.1) is 13.2 Å². The van der Waals surface area contributed by atoms with Crippen molar-refractivity contribution in [1.82, 2.24) is 5.32 Å². The van der Waals surface area contributed by atoms with E-state index in [0.29, 0.717) is 13.2 Å². The van der Waals surface area contributed by atoms with Crippen molar-refractivity contribution < 1.29 is 14.2 Å². The van der Waals surface area contributed by atoms with Gasteiger partial charge in [-0.15, -0.1) is 0 Å². The minimum absolute atomic E-state index is 0.0636. The quantitative estimate of drug-likeness (QED) is 0.886. The zero-order valence-corrected chi connectivity index (χ0v) is 13.7. The Hall–Kier alpha value is -2.04. The molecule has 3 rings (SSSR count). The molecule has 2 aromatic rings. The normalized spacial score (nSPS) is 16.7. The highest BCUT2D eigenvalue weighted by Gasteiger charge is 2.23. The number of methoxy groups -OCH3 is 1. The highest BCUT2D eigenvalue weighted by molar-refractivity contribution is 5.49. The molecule has 0 aromatic heterocycles. The van der Waals surface area contributed by atoms with E-state index in [2.05, 4.69) is 23.5 Å². The molecule has 0 bridgehead atoms. The summed E-state index contributed by atoms with van der Waals surface area (Å²) >= 11 is 0. The lowest BCUT2D eigenvalue weighted by Gasteiger charge is -2.27. The summed E-state index contributed by atoms with van der Waals surface area (Å²) in [7, 11) is 1.67. The molecule has 1 aliphatic rings. The summed E-state index contributed by atoms with van der Waals surface area (Å²) < 4.78 is 17.3. The fraction of sp³-hybridized carbons (Fsp3) is 0.368. The van der Waals surface area contributed by atoms with Crippen LogP contribution in [0.2, 0.25) is 0 Å². The molecule has 1 heterocycles. The van der Waals surface area contributed by atoms with Gasteiger partial charge in [0.25, 0.3) is 0 Å². The Morgan fingerprint density at radius 2 is 1.96 bits per heavy atom. The molecule has 0 saturated heterocycles.